The van der Waals surface area contributed by atoms with Crippen LogP contribution in [-0.4, -0.2) is 34.0 Å². The number of amides is 1. The van der Waals surface area contributed by atoms with Gasteiger partial charge < -0.3 is 9.42 Å². The number of piperidine rings is 1. The van der Waals surface area contributed by atoms with E-state index in [1.54, 1.807) is 0 Å². The van der Waals surface area contributed by atoms with Crippen molar-refractivity contribution in [3.05, 3.63) is 11.7 Å². The van der Waals surface area contributed by atoms with Crippen molar-refractivity contribution >= 4 is 5.91 Å². The average Bonchev–Trinajstić information content (AvgIpc) is 2.96. The zero-order valence-electron chi connectivity index (χ0n) is 12.8. The second kappa shape index (κ2) is 6.86. The Morgan fingerprint density at radius 1 is 1.50 bits per heavy atom. The SMILES string of the molecule is CCCC(=O)N1CCCC(c2nc(C(C)CC)no2)C1. The average molecular weight is 279 g/mol. The smallest absolute Gasteiger partial charge is 0.231 e. The Hall–Kier alpha value is -1.39. The molecule has 2 rings (SSSR count). The molecule has 1 aliphatic heterocycles. The highest BCUT2D eigenvalue weighted by Crippen LogP contribution is 2.27. The van der Waals surface area contributed by atoms with Gasteiger partial charge >= 0.3 is 0 Å². The van der Waals surface area contributed by atoms with Crippen molar-refractivity contribution in [3.8, 4) is 0 Å². The maximum atomic E-state index is 12.0. The lowest BCUT2D eigenvalue weighted by Gasteiger charge is -2.31. The molecule has 1 fully saturated rings. The molecule has 0 radical (unpaired) electrons. The molecule has 0 aromatic carbocycles. The summed E-state index contributed by atoms with van der Waals surface area (Å²) < 4.78 is 5.42. The Balaban J connectivity index is 2.01. The Morgan fingerprint density at radius 3 is 3.00 bits per heavy atom. The monoisotopic (exact) mass is 279 g/mol. The van der Waals surface area contributed by atoms with E-state index in [1.807, 2.05) is 11.8 Å². The van der Waals surface area contributed by atoms with Crippen molar-refractivity contribution in [2.45, 2.75) is 64.7 Å². The second-order valence-electron chi connectivity index (χ2n) is 5.73. The molecule has 20 heavy (non-hydrogen) atoms. The van der Waals surface area contributed by atoms with E-state index in [4.69, 9.17) is 4.52 Å². The van der Waals surface area contributed by atoms with E-state index in [9.17, 15) is 4.79 Å². The Bertz CT molecular complexity index is 444. The predicted octanol–water partition coefficient (Wildman–Crippen LogP) is 3.09. The number of hydrogen-bond acceptors (Lipinski definition) is 4. The van der Waals surface area contributed by atoms with Crippen LogP contribution in [0.2, 0.25) is 0 Å². The third-order valence-electron chi connectivity index (χ3n) is 4.10. The van der Waals surface area contributed by atoms with Gasteiger partial charge in [0.2, 0.25) is 11.8 Å². The topological polar surface area (TPSA) is 59.2 Å². The molecule has 0 bridgehead atoms. The summed E-state index contributed by atoms with van der Waals surface area (Å²) >= 11 is 0. The van der Waals surface area contributed by atoms with E-state index in [1.165, 1.54) is 0 Å². The molecular weight excluding hydrogens is 254 g/mol. The normalized spacial score (nSPS) is 20.9. The van der Waals surface area contributed by atoms with Gasteiger partial charge in [-0.25, -0.2) is 0 Å². The minimum absolute atomic E-state index is 0.204. The summed E-state index contributed by atoms with van der Waals surface area (Å²) in [5, 5.41) is 4.08. The van der Waals surface area contributed by atoms with Gasteiger partial charge in [0.25, 0.3) is 0 Å². The van der Waals surface area contributed by atoms with Crippen molar-refractivity contribution in [2.75, 3.05) is 13.1 Å². The van der Waals surface area contributed by atoms with Crippen LogP contribution < -0.4 is 0 Å². The van der Waals surface area contributed by atoms with E-state index in [0.717, 1.165) is 44.6 Å². The van der Waals surface area contributed by atoms with Crippen LogP contribution >= 0.6 is 0 Å². The number of carbonyl (C=O) groups is 1. The number of carbonyl (C=O) groups excluding carboxylic acids is 1. The number of aromatic nitrogens is 2. The van der Waals surface area contributed by atoms with Crippen molar-refractivity contribution in [2.24, 2.45) is 0 Å². The zero-order valence-corrected chi connectivity index (χ0v) is 12.8. The Morgan fingerprint density at radius 2 is 2.30 bits per heavy atom. The quantitative estimate of drug-likeness (QED) is 0.831. The van der Waals surface area contributed by atoms with Crippen molar-refractivity contribution < 1.29 is 9.32 Å². The first-order chi connectivity index (χ1) is 9.65. The molecule has 1 aliphatic rings. The van der Waals surface area contributed by atoms with Crippen LogP contribution in [0.1, 0.15) is 76.4 Å². The molecule has 2 unspecified atom stereocenters. The third kappa shape index (κ3) is 3.38. The molecule has 0 spiro atoms. The Labute approximate surface area is 120 Å². The summed E-state index contributed by atoms with van der Waals surface area (Å²) in [4.78, 5) is 18.5. The van der Waals surface area contributed by atoms with Gasteiger partial charge in [-0.2, -0.15) is 4.98 Å². The highest BCUT2D eigenvalue weighted by Gasteiger charge is 2.28. The van der Waals surface area contributed by atoms with Gasteiger partial charge in [0, 0.05) is 25.4 Å². The molecular formula is C15H25N3O2. The molecule has 1 saturated heterocycles. The molecule has 0 N–H and O–H groups in total. The minimum Gasteiger partial charge on any atom is -0.342 e. The van der Waals surface area contributed by atoms with Crippen molar-refractivity contribution in [1.29, 1.82) is 0 Å². The molecule has 0 saturated carbocycles. The maximum Gasteiger partial charge on any atom is 0.231 e. The summed E-state index contributed by atoms with van der Waals surface area (Å²) in [6.07, 6.45) is 4.58. The van der Waals surface area contributed by atoms with Gasteiger partial charge in [-0.15, -0.1) is 0 Å². The molecule has 112 valence electrons. The summed E-state index contributed by atoms with van der Waals surface area (Å²) in [7, 11) is 0. The van der Waals surface area contributed by atoms with Crippen LogP contribution in [0.4, 0.5) is 0 Å². The summed E-state index contributed by atoms with van der Waals surface area (Å²) in [6, 6.07) is 0. The minimum atomic E-state index is 0.204. The zero-order chi connectivity index (χ0) is 14.5. The van der Waals surface area contributed by atoms with Gasteiger partial charge in [0.1, 0.15) is 0 Å². The number of hydrogen-bond donors (Lipinski definition) is 0. The molecule has 2 atom stereocenters. The molecule has 1 aromatic heterocycles. The fourth-order valence-electron chi connectivity index (χ4n) is 2.57. The summed E-state index contributed by atoms with van der Waals surface area (Å²) in [6.45, 7) is 7.84. The lowest BCUT2D eigenvalue weighted by atomic mass is 9.97. The number of rotatable bonds is 5. The Kier molecular flexibility index (Phi) is 5.15. The first-order valence-corrected chi connectivity index (χ1v) is 7.76. The lowest BCUT2D eigenvalue weighted by Crippen LogP contribution is -2.39. The molecule has 5 nitrogen and oxygen atoms in total. The molecule has 1 aromatic rings. The molecule has 5 heteroatoms. The van der Waals surface area contributed by atoms with Gasteiger partial charge in [-0.3, -0.25) is 4.79 Å². The van der Waals surface area contributed by atoms with Crippen LogP contribution in [-0.2, 0) is 4.79 Å². The van der Waals surface area contributed by atoms with Gasteiger partial charge in [0.15, 0.2) is 5.82 Å². The standard InChI is InChI=1S/C15H25N3O2/c1-4-7-13(19)18-9-6-8-12(10-18)15-16-14(17-20-15)11(3)5-2/h11-12H,4-10H2,1-3H3. The van der Waals surface area contributed by atoms with E-state index in [2.05, 4.69) is 24.0 Å². The van der Waals surface area contributed by atoms with Crippen LogP contribution in [0.5, 0.6) is 0 Å². The van der Waals surface area contributed by atoms with Crippen molar-refractivity contribution in [3.63, 3.8) is 0 Å². The maximum absolute atomic E-state index is 12.0. The molecule has 1 amide bonds. The fourth-order valence-corrected chi connectivity index (χ4v) is 2.57. The summed E-state index contributed by atoms with van der Waals surface area (Å²) in [5.41, 5.74) is 0. The number of nitrogens with zero attached hydrogens (tertiary/aromatic N) is 3. The van der Waals surface area contributed by atoms with E-state index >= 15 is 0 Å². The van der Waals surface area contributed by atoms with E-state index in [0.29, 0.717) is 18.2 Å². The predicted molar refractivity (Wildman–Crippen MR) is 76.5 cm³/mol. The largest absolute Gasteiger partial charge is 0.342 e. The van der Waals surface area contributed by atoms with Crippen LogP contribution in [0.25, 0.3) is 0 Å². The third-order valence-corrected chi connectivity index (χ3v) is 4.10. The van der Waals surface area contributed by atoms with E-state index in [-0.39, 0.29) is 11.8 Å². The summed E-state index contributed by atoms with van der Waals surface area (Å²) in [5.74, 6) is 2.27. The molecule has 0 aliphatic carbocycles. The number of likely N-dealkylation sites (tertiary alicyclic amines) is 1. The second-order valence-corrected chi connectivity index (χ2v) is 5.73. The highest BCUT2D eigenvalue weighted by atomic mass is 16.5. The van der Waals surface area contributed by atoms with Crippen LogP contribution in [0.3, 0.4) is 0 Å². The van der Waals surface area contributed by atoms with Crippen LogP contribution in [0.15, 0.2) is 4.52 Å². The fraction of sp³-hybridized carbons (Fsp3) is 0.800. The van der Waals surface area contributed by atoms with E-state index < -0.39 is 0 Å². The van der Waals surface area contributed by atoms with Crippen molar-refractivity contribution in [1.82, 2.24) is 15.0 Å². The van der Waals surface area contributed by atoms with Gasteiger partial charge in [-0.1, -0.05) is 25.9 Å². The lowest BCUT2D eigenvalue weighted by molar-refractivity contribution is -0.132. The molecule has 2 heterocycles. The van der Waals surface area contributed by atoms with Crippen LogP contribution in [0, 0.1) is 0 Å². The van der Waals surface area contributed by atoms with Gasteiger partial charge in [-0.05, 0) is 25.7 Å². The highest BCUT2D eigenvalue weighted by molar-refractivity contribution is 5.76. The first kappa shape index (κ1) is 15.0. The van der Waals surface area contributed by atoms with Gasteiger partial charge in [0.05, 0.1) is 5.92 Å². The first-order valence-electron chi connectivity index (χ1n) is 7.76.